The number of aliphatic hydroxyl groups is 2. The lowest BCUT2D eigenvalue weighted by Crippen LogP contribution is -2.47. The molecule has 0 aliphatic heterocycles. The molecule has 0 aromatic carbocycles. The van der Waals surface area contributed by atoms with Crippen LogP contribution in [-0.2, 0) is 0 Å². The highest BCUT2D eigenvalue weighted by Crippen LogP contribution is 2.25. The van der Waals surface area contributed by atoms with E-state index in [4.69, 9.17) is 5.11 Å². The van der Waals surface area contributed by atoms with Crippen molar-refractivity contribution in [3.8, 4) is 0 Å². The molecule has 0 radical (unpaired) electrons. The molecule has 1 fully saturated rings. The van der Waals surface area contributed by atoms with Crippen molar-refractivity contribution >= 4 is 0 Å². The van der Waals surface area contributed by atoms with Gasteiger partial charge in [-0.1, -0.05) is 6.42 Å². The molecule has 11 heavy (non-hydrogen) atoms. The Morgan fingerprint density at radius 1 is 1.18 bits per heavy atom. The summed E-state index contributed by atoms with van der Waals surface area (Å²) in [5.41, 5.74) is -0.680. The number of rotatable bonds is 3. The fourth-order valence-corrected chi connectivity index (χ4v) is 1.60. The fourth-order valence-electron chi connectivity index (χ4n) is 1.60. The Morgan fingerprint density at radius 3 is 2.36 bits per heavy atom. The molecule has 1 aliphatic carbocycles. The van der Waals surface area contributed by atoms with Gasteiger partial charge in [-0.15, -0.1) is 0 Å². The van der Waals surface area contributed by atoms with Crippen molar-refractivity contribution in [1.82, 2.24) is 5.32 Å². The third-order valence-electron chi connectivity index (χ3n) is 2.25. The molecule has 3 N–H and O–H groups in total. The van der Waals surface area contributed by atoms with E-state index in [1.165, 1.54) is 6.42 Å². The molecule has 0 amide bonds. The lowest BCUT2D eigenvalue weighted by atomic mass is 9.92. The van der Waals surface area contributed by atoms with Gasteiger partial charge in [-0.05, 0) is 25.7 Å². The molecule has 3 heteroatoms. The smallest absolute Gasteiger partial charge is 0.116 e. The van der Waals surface area contributed by atoms with E-state index in [0.717, 1.165) is 25.7 Å². The van der Waals surface area contributed by atoms with Crippen LogP contribution in [0.15, 0.2) is 0 Å². The van der Waals surface area contributed by atoms with Crippen LogP contribution in [0.5, 0.6) is 0 Å². The first-order valence-corrected chi connectivity index (χ1v) is 4.35. The molecule has 0 heterocycles. The predicted octanol–water partition coefficient (Wildman–Crippen LogP) is 0.221. The highest BCUT2D eigenvalue weighted by atomic mass is 16.3. The second-order valence-electron chi connectivity index (χ2n) is 3.24. The maximum Gasteiger partial charge on any atom is 0.116 e. The minimum absolute atomic E-state index is 0.0995. The number of nitrogens with one attached hydrogen (secondary N) is 1. The lowest BCUT2D eigenvalue weighted by molar-refractivity contribution is -0.0303. The van der Waals surface area contributed by atoms with Crippen LogP contribution in [-0.4, -0.2) is 29.1 Å². The van der Waals surface area contributed by atoms with E-state index >= 15 is 0 Å². The minimum atomic E-state index is -0.680. The van der Waals surface area contributed by atoms with Gasteiger partial charge in [0.25, 0.3) is 0 Å². The van der Waals surface area contributed by atoms with Gasteiger partial charge in [-0.3, -0.25) is 5.32 Å². The maximum atomic E-state index is 9.78. The van der Waals surface area contributed by atoms with E-state index in [-0.39, 0.29) is 6.61 Å². The maximum absolute atomic E-state index is 9.78. The van der Waals surface area contributed by atoms with Gasteiger partial charge in [-0.25, -0.2) is 0 Å². The van der Waals surface area contributed by atoms with Crippen molar-refractivity contribution in [3.63, 3.8) is 0 Å². The molecule has 0 bridgehead atoms. The SMILES string of the molecule is OCCNC1(O)CCCCC1. The van der Waals surface area contributed by atoms with Crippen LogP contribution in [0.25, 0.3) is 0 Å². The van der Waals surface area contributed by atoms with Gasteiger partial charge in [0, 0.05) is 6.54 Å². The quantitative estimate of drug-likeness (QED) is 0.516. The van der Waals surface area contributed by atoms with Gasteiger partial charge in [0.15, 0.2) is 0 Å². The average Bonchev–Trinajstić information content (AvgIpc) is 2.03. The summed E-state index contributed by atoms with van der Waals surface area (Å²) in [6.45, 7) is 0.596. The van der Waals surface area contributed by atoms with Crippen LogP contribution in [0.3, 0.4) is 0 Å². The van der Waals surface area contributed by atoms with Gasteiger partial charge in [-0.2, -0.15) is 0 Å². The summed E-state index contributed by atoms with van der Waals surface area (Å²) in [4.78, 5) is 0. The third-order valence-corrected chi connectivity index (χ3v) is 2.25. The second-order valence-corrected chi connectivity index (χ2v) is 3.24. The molecule has 0 aromatic heterocycles. The Labute approximate surface area is 67.4 Å². The molecule has 0 atom stereocenters. The first-order valence-electron chi connectivity index (χ1n) is 4.35. The van der Waals surface area contributed by atoms with Gasteiger partial charge < -0.3 is 10.2 Å². The Kier molecular flexibility index (Phi) is 3.30. The van der Waals surface area contributed by atoms with E-state index in [9.17, 15) is 5.11 Å². The largest absolute Gasteiger partial charge is 0.395 e. The normalized spacial score (nSPS) is 23.5. The van der Waals surface area contributed by atoms with Crippen molar-refractivity contribution in [1.29, 1.82) is 0 Å². The minimum Gasteiger partial charge on any atom is -0.395 e. The molecule has 0 aromatic rings. The molecule has 3 nitrogen and oxygen atoms in total. The molecule has 1 aliphatic rings. The van der Waals surface area contributed by atoms with Crippen LogP contribution in [0, 0.1) is 0 Å². The van der Waals surface area contributed by atoms with Crippen molar-refractivity contribution in [2.24, 2.45) is 0 Å². The Morgan fingerprint density at radius 2 is 1.82 bits per heavy atom. The van der Waals surface area contributed by atoms with Crippen LogP contribution in [0.2, 0.25) is 0 Å². The summed E-state index contributed by atoms with van der Waals surface area (Å²) >= 11 is 0. The molecule has 1 saturated carbocycles. The predicted molar refractivity (Wildman–Crippen MR) is 43.1 cm³/mol. The summed E-state index contributed by atoms with van der Waals surface area (Å²) in [6.07, 6.45) is 5.06. The number of hydrogen-bond acceptors (Lipinski definition) is 3. The van der Waals surface area contributed by atoms with E-state index in [1.807, 2.05) is 0 Å². The zero-order valence-corrected chi connectivity index (χ0v) is 6.84. The first kappa shape index (κ1) is 8.97. The molecule has 1 rings (SSSR count). The fraction of sp³-hybridized carbons (Fsp3) is 1.00. The van der Waals surface area contributed by atoms with Gasteiger partial charge in [0.1, 0.15) is 5.72 Å². The summed E-state index contributed by atoms with van der Waals surface area (Å²) in [5.74, 6) is 0. The molecule has 66 valence electrons. The average molecular weight is 159 g/mol. The van der Waals surface area contributed by atoms with Crippen molar-refractivity contribution < 1.29 is 10.2 Å². The van der Waals surface area contributed by atoms with Crippen LogP contribution >= 0.6 is 0 Å². The van der Waals surface area contributed by atoms with Crippen molar-refractivity contribution in [2.75, 3.05) is 13.2 Å². The van der Waals surface area contributed by atoms with Crippen LogP contribution < -0.4 is 5.32 Å². The van der Waals surface area contributed by atoms with E-state index in [1.54, 1.807) is 0 Å². The summed E-state index contributed by atoms with van der Waals surface area (Å²) in [5, 5.41) is 21.3. The molecule has 0 unspecified atom stereocenters. The van der Waals surface area contributed by atoms with E-state index in [2.05, 4.69) is 5.32 Å². The molecular formula is C8H17NO2. The van der Waals surface area contributed by atoms with Gasteiger partial charge in [0.2, 0.25) is 0 Å². The van der Waals surface area contributed by atoms with Crippen molar-refractivity contribution in [2.45, 2.75) is 37.8 Å². The lowest BCUT2D eigenvalue weighted by Gasteiger charge is -2.32. The molecular weight excluding hydrogens is 142 g/mol. The zero-order chi connectivity index (χ0) is 8.16. The molecule has 0 saturated heterocycles. The molecule has 0 spiro atoms. The topological polar surface area (TPSA) is 52.5 Å². The first-order chi connectivity index (χ1) is 5.27. The van der Waals surface area contributed by atoms with Gasteiger partial charge >= 0.3 is 0 Å². The Hall–Kier alpha value is -0.120. The highest BCUT2D eigenvalue weighted by molar-refractivity contribution is 4.79. The van der Waals surface area contributed by atoms with Gasteiger partial charge in [0.05, 0.1) is 6.61 Å². The Balaban J connectivity index is 2.25. The standard InChI is InChI=1S/C8H17NO2/c10-7-6-9-8(11)4-2-1-3-5-8/h9-11H,1-7H2. The highest BCUT2D eigenvalue weighted by Gasteiger charge is 2.27. The van der Waals surface area contributed by atoms with E-state index in [0.29, 0.717) is 6.54 Å². The summed E-state index contributed by atoms with van der Waals surface area (Å²) in [6, 6.07) is 0. The van der Waals surface area contributed by atoms with Crippen LogP contribution in [0.4, 0.5) is 0 Å². The Bertz CT molecular complexity index is 111. The number of aliphatic hydroxyl groups excluding tert-OH is 1. The zero-order valence-electron chi connectivity index (χ0n) is 6.84. The van der Waals surface area contributed by atoms with Crippen LogP contribution in [0.1, 0.15) is 32.1 Å². The second kappa shape index (κ2) is 4.04. The van der Waals surface area contributed by atoms with Crippen molar-refractivity contribution in [3.05, 3.63) is 0 Å². The summed E-state index contributed by atoms with van der Waals surface area (Å²) < 4.78 is 0. The van der Waals surface area contributed by atoms with E-state index < -0.39 is 5.72 Å². The summed E-state index contributed by atoms with van der Waals surface area (Å²) in [7, 11) is 0. The monoisotopic (exact) mass is 159 g/mol. The number of hydrogen-bond donors (Lipinski definition) is 3. The third kappa shape index (κ3) is 2.77.